The molecular weight excluding hydrogens is 286 g/mol. The zero-order chi connectivity index (χ0) is 15.5. The molecule has 1 heterocycles. The minimum Gasteiger partial charge on any atom is -0.330 e. The van der Waals surface area contributed by atoms with Gasteiger partial charge in [0.15, 0.2) is 0 Å². The van der Waals surface area contributed by atoms with Crippen molar-refractivity contribution in [2.45, 2.75) is 37.6 Å². The van der Waals surface area contributed by atoms with Gasteiger partial charge in [-0.2, -0.15) is 0 Å². The van der Waals surface area contributed by atoms with E-state index in [4.69, 9.17) is 5.73 Å². The first-order valence-electron chi connectivity index (χ1n) is 7.02. The summed E-state index contributed by atoms with van der Waals surface area (Å²) in [5, 5.41) is 0.649. The number of nitrogens with zero attached hydrogens (tertiary/aromatic N) is 1. The summed E-state index contributed by atoms with van der Waals surface area (Å²) < 4.78 is 27.8. The summed E-state index contributed by atoms with van der Waals surface area (Å²) in [4.78, 5) is 4.55. The topological polar surface area (TPSA) is 85.1 Å². The molecule has 0 saturated heterocycles. The zero-order valence-electron chi connectivity index (χ0n) is 12.3. The van der Waals surface area contributed by atoms with E-state index in [1.807, 2.05) is 13.8 Å². The van der Waals surface area contributed by atoms with Crippen LogP contribution in [0.3, 0.4) is 0 Å². The molecule has 1 aromatic carbocycles. The van der Waals surface area contributed by atoms with Crippen molar-refractivity contribution in [2.24, 2.45) is 5.73 Å². The van der Waals surface area contributed by atoms with Crippen molar-refractivity contribution in [1.82, 2.24) is 9.71 Å². The van der Waals surface area contributed by atoms with Gasteiger partial charge in [-0.05, 0) is 57.0 Å². The van der Waals surface area contributed by atoms with Crippen LogP contribution >= 0.6 is 0 Å². The Morgan fingerprint density at radius 2 is 2.10 bits per heavy atom. The van der Waals surface area contributed by atoms with Crippen LogP contribution in [0.15, 0.2) is 35.4 Å². The number of sulfonamides is 1. The molecule has 3 N–H and O–H groups in total. The Kier molecular flexibility index (Phi) is 4.92. The van der Waals surface area contributed by atoms with E-state index < -0.39 is 10.0 Å². The van der Waals surface area contributed by atoms with E-state index in [-0.39, 0.29) is 10.9 Å². The number of nitrogens with one attached hydrogen (secondary N) is 1. The average Bonchev–Trinajstić information content (AvgIpc) is 2.45. The van der Waals surface area contributed by atoms with Crippen molar-refractivity contribution < 1.29 is 8.42 Å². The van der Waals surface area contributed by atoms with E-state index in [2.05, 4.69) is 9.71 Å². The number of hydrogen-bond donors (Lipinski definition) is 2. The second-order valence-electron chi connectivity index (χ2n) is 5.23. The number of hydrogen-bond acceptors (Lipinski definition) is 4. The van der Waals surface area contributed by atoms with Crippen LogP contribution < -0.4 is 10.5 Å². The lowest BCUT2D eigenvalue weighted by Crippen LogP contribution is -2.33. The minimum absolute atomic E-state index is 0.147. The van der Waals surface area contributed by atoms with Crippen molar-refractivity contribution in [3.05, 3.63) is 36.0 Å². The summed E-state index contributed by atoms with van der Waals surface area (Å²) in [6.45, 7) is 4.33. The van der Waals surface area contributed by atoms with Gasteiger partial charge in [0.25, 0.3) is 0 Å². The Labute approximate surface area is 125 Å². The Bertz CT molecular complexity index is 729. The number of rotatable bonds is 6. The molecule has 2 rings (SSSR count). The maximum Gasteiger partial charge on any atom is 0.241 e. The van der Waals surface area contributed by atoms with E-state index in [1.54, 1.807) is 30.5 Å². The first-order chi connectivity index (χ1) is 9.95. The summed E-state index contributed by atoms with van der Waals surface area (Å²) in [6.07, 6.45) is 3.18. The number of benzene rings is 1. The quantitative estimate of drug-likeness (QED) is 0.854. The Hall–Kier alpha value is -1.50. The van der Waals surface area contributed by atoms with Gasteiger partial charge in [0.05, 0.1) is 10.4 Å². The van der Waals surface area contributed by atoms with Gasteiger partial charge in [0.1, 0.15) is 0 Å². The molecule has 21 heavy (non-hydrogen) atoms. The van der Waals surface area contributed by atoms with Crippen LogP contribution in [0.2, 0.25) is 0 Å². The average molecular weight is 307 g/mol. The predicted octanol–water partition coefficient (Wildman–Crippen LogP) is 1.95. The highest BCUT2D eigenvalue weighted by Gasteiger charge is 2.20. The Morgan fingerprint density at radius 1 is 1.33 bits per heavy atom. The predicted molar refractivity (Wildman–Crippen MR) is 84.6 cm³/mol. The molecule has 1 atom stereocenters. The van der Waals surface area contributed by atoms with Gasteiger partial charge < -0.3 is 5.73 Å². The highest BCUT2D eigenvalue weighted by atomic mass is 32.2. The molecule has 1 aromatic heterocycles. The van der Waals surface area contributed by atoms with Crippen molar-refractivity contribution in [3.63, 3.8) is 0 Å². The molecule has 2 aromatic rings. The highest BCUT2D eigenvalue weighted by Crippen LogP contribution is 2.24. The van der Waals surface area contributed by atoms with Gasteiger partial charge in [-0.15, -0.1) is 0 Å². The summed E-state index contributed by atoms with van der Waals surface area (Å²) in [6, 6.07) is 6.81. The molecule has 5 nitrogen and oxygen atoms in total. The summed E-state index contributed by atoms with van der Waals surface area (Å²) in [7, 11) is -3.56. The van der Waals surface area contributed by atoms with Crippen LogP contribution in [0.5, 0.6) is 0 Å². The lowest BCUT2D eigenvalue weighted by Gasteiger charge is -2.15. The molecular formula is C15H21N3O2S. The molecule has 114 valence electrons. The molecule has 1 unspecified atom stereocenters. The lowest BCUT2D eigenvalue weighted by atomic mass is 10.1. The molecule has 0 fully saturated rings. The number of aromatic nitrogens is 1. The largest absolute Gasteiger partial charge is 0.330 e. The van der Waals surface area contributed by atoms with Gasteiger partial charge >= 0.3 is 0 Å². The van der Waals surface area contributed by atoms with Gasteiger partial charge in [-0.25, -0.2) is 13.1 Å². The van der Waals surface area contributed by atoms with Crippen LogP contribution in [0.25, 0.3) is 10.9 Å². The molecule has 0 saturated carbocycles. The normalized spacial score (nSPS) is 13.5. The van der Waals surface area contributed by atoms with Gasteiger partial charge in [-0.3, -0.25) is 4.98 Å². The minimum atomic E-state index is -3.56. The monoisotopic (exact) mass is 307 g/mol. The van der Waals surface area contributed by atoms with Crippen LogP contribution in [0.1, 0.15) is 25.3 Å². The lowest BCUT2D eigenvalue weighted by molar-refractivity contribution is 0.539. The van der Waals surface area contributed by atoms with Crippen molar-refractivity contribution >= 4 is 20.9 Å². The molecule has 0 aliphatic heterocycles. The van der Waals surface area contributed by atoms with Crippen LogP contribution in [-0.4, -0.2) is 26.0 Å². The smallest absolute Gasteiger partial charge is 0.241 e. The molecule has 0 radical (unpaired) electrons. The first kappa shape index (κ1) is 15.9. The second-order valence-corrected chi connectivity index (χ2v) is 6.92. The molecule has 6 heteroatoms. The van der Waals surface area contributed by atoms with Crippen LogP contribution in [-0.2, 0) is 10.0 Å². The zero-order valence-corrected chi connectivity index (χ0v) is 13.2. The standard InChI is InChI=1S/C15H21N3O2S/c1-11-7-8-14(13-6-4-10-17-15(11)13)21(19,20)18-12(2)5-3-9-16/h4,6-8,10,12,18H,3,5,9,16H2,1-2H3. The number of aryl methyl sites for hydroxylation is 1. The van der Waals surface area contributed by atoms with E-state index >= 15 is 0 Å². The summed E-state index contributed by atoms with van der Waals surface area (Å²) >= 11 is 0. The summed E-state index contributed by atoms with van der Waals surface area (Å²) in [5.41, 5.74) is 7.13. The van der Waals surface area contributed by atoms with E-state index in [9.17, 15) is 8.42 Å². The van der Waals surface area contributed by atoms with Gasteiger partial charge in [0, 0.05) is 17.6 Å². The fourth-order valence-corrected chi connectivity index (χ4v) is 3.81. The third kappa shape index (κ3) is 3.58. The molecule has 0 aliphatic rings. The molecule has 0 spiro atoms. The Balaban J connectivity index is 2.39. The third-order valence-corrected chi connectivity index (χ3v) is 5.07. The summed E-state index contributed by atoms with van der Waals surface area (Å²) in [5.74, 6) is 0. The molecule has 0 bridgehead atoms. The van der Waals surface area contributed by atoms with Crippen molar-refractivity contribution in [2.75, 3.05) is 6.54 Å². The van der Waals surface area contributed by atoms with Gasteiger partial charge in [-0.1, -0.05) is 6.07 Å². The van der Waals surface area contributed by atoms with E-state index in [1.165, 1.54) is 0 Å². The fourth-order valence-electron chi connectivity index (χ4n) is 2.33. The van der Waals surface area contributed by atoms with Crippen molar-refractivity contribution in [3.8, 4) is 0 Å². The fraction of sp³-hybridized carbons (Fsp3) is 0.400. The molecule has 0 aliphatic carbocycles. The number of pyridine rings is 1. The molecule has 0 amide bonds. The maximum atomic E-state index is 12.6. The number of nitrogens with two attached hydrogens (primary N) is 1. The van der Waals surface area contributed by atoms with Crippen LogP contribution in [0.4, 0.5) is 0 Å². The third-order valence-electron chi connectivity index (χ3n) is 3.42. The van der Waals surface area contributed by atoms with E-state index in [0.717, 1.165) is 23.9 Å². The van der Waals surface area contributed by atoms with Gasteiger partial charge in [0.2, 0.25) is 10.0 Å². The highest BCUT2D eigenvalue weighted by molar-refractivity contribution is 7.89. The second kappa shape index (κ2) is 6.51. The van der Waals surface area contributed by atoms with E-state index in [0.29, 0.717) is 11.9 Å². The SMILES string of the molecule is Cc1ccc(S(=O)(=O)NC(C)CCCN)c2cccnc12. The Morgan fingerprint density at radius 3 is 2.81 bits per heavy atom. The number of fused-ring (bicyclic) bond motifs is 1. The maximum absolute atomic E-state index is 12.6. The van der Waals surface area contributed by atoms with Crippen LogP contribution in [0, 0.1) is 6.92 Å². The van der Waals surface area contributed by atoms with Crippen molar-refractivity contribution in [1.29, 1.82) is 0 Å². The first-order valence-corrected chi connectivity index (χ1v) is 8.51.